The van der Waals surface area contributed by atoms with Crippen LogP contribution in [0.5, 0.6) is 0 Å². The number of halogens is 2. The highest BCUT2D eigenvalue weighted by Gasteiger charge is 2.28. The normalized spacial score (nSPS) is 16.0. The highest BCUT2D eigenvalue weighted by molar-refractivity contribution is 9.10. The van der Waals surface area contributed by atoms with E-state index < -0.39 is 15.8 Å². The molecule has 5 nitrogen and oxygen atoms in total. The summed E-state index contributed by atoms with van der Waals surface area (Å²) in [6, 6.07) is 12.7. The molecule has 1 fully saturated rings. The first-order chi connectivity index (χ1) is 13.4. The predicted octanol–water partition coefficient (Wildman–Crippen LogP) is 3.44. The number of aryl methyl sites for hydroxylation is 1. The van der Waals surface area contributed by atoms with Gasteiger partial charge in [0, 0.05) is 37.1 Å². The van der Waals surface area contributed by atoms with Gasteiger partial charge in [-0.2, -0.15) is 4.31 Å². The molecular formula is C20H22BrFN2O3S. The molecule has 1 aliphatic heterocycles. The molecule has 0 spiro atoms. The van der Waals surface area contributed by atoms with Gasteiger partial charge < -0.3 is 4.90 Å². The van der Waals surface area contributed by atoms with Gasteiger partial charge >= 0.3 is 0 Å². The number of sulfonamides is 1. The second-order valence-electron chi connectivity index (χ2n) is 6.72. The number of carbonyl (C=O) groups excluding carboxylic acids is 1. The van der Waals surface area contributed by atoms with Crippen LogP contribution in [0.3, 0.4) is 0 Å². The van der Waals surface area contributed by atoms with Crippen molar-refractivity contribution < 1.29 is 17.6 Å². The smallest absolute Gasteiger partial charge is 0.243 e. The second kappa shape index (κ2) is 9.15. The van der Waals surface area contributed by atoms with Crippen molar-refractivity contribution >= 4 is 31.9 Å². The Hall–Kier alpha value is -1.77. The molecule has 0 aromatic heterocycles. The van der Waals surface area contributed by atoms with E-state index >= 15 is 0 Å². The van der Waals surface area contributed by atoms with Gasteiger partial charge in [-0.05, 0) is 54.8 Å². The molecule has 28 heavy (non-hydrogen) atoms. The molecule has 3 rings (SSSR count). The van der Waals surface area contributed by atoms with E-state index in [0.29, 0.717) is 38.9 Å². The van der Waals surface area contributed by atoms with Crippen LogP contribution in [-0.2, 0) is 21.2 Å². The van der Waals surface area contributed by atoms with Gasteiger partial charge in [-0.1, -0.05) is 28.1 Å². The average Bonchev–Trinajstić information content (AvgIpc) is 2.93. The monoisotopic (exact) mass is 468 g/mol. The summed E-state index contributed by atoms with van der Waals surface area (Å²) < 4.78 is 41.0. The minimum Gasteiger partial charge on any atom is -0.341 e. The number of carbonyl (C=O) groups is 1. The first-order valence-corrected chi connectivity index (χ1v) is 11.4. The van der Waals surface area contributed by atoms with Crippen LogP contribution in [-0.4, -0.2) is 49.7 Å². The molecule has 0 atom stereocenters. The highest BCUT2D eigenvalue weighted by Crippen LogP contribution is 2.19. The molecular weight excluding hydrogens is 447 g/mol. The standard InChI is InChI=1S/C20H22BrFN2O3S/c21-17-4-1-3-16(15-17)5-10-20(25)23-11-2-12-24(14-13-23)28(26,27)19-8-6-18(22)7-9-19/h1,3-4,6-9,15H,2,5,10-14H2. The van der Waals surface area contributed by atoms with Gasteiger partial charge in [-0.15, -0.1) is 0 Å². The van der Waals surface area contributed by atoms with Crippen molar-refractivity contribution in [3.05, 3.63) is 64.4 Å². The average molecular weight is 469 g/mol. The van der Waals surface area contributed by atoms with E-state index in [1.807, 2.05) is 24.3 Å². The van der Waals surface area contributed by atoms with Gasteiger partial charge in [-0.3, -0.25) is 4.79 Å². The van der Waals surface area contributed by atoms with Crippen molar-refractivity contribution in [1.82, 2.24) is 9.21 Å². The minimum atomic E-state index is -3.69. The largest absolute Gasteiger partial charge is 0.341 e. The van der Waals surface area contributed by atoms with Crippen molar-refractivity contribution in [3.63, 3.8) is 0 Å². The molecule has 0 aliphatic carbocycles. The summed E-state index contributed by atoms with van der Waals surface area (Å²) >= 11 is 3.43. The molecule has 0 saturated carbocycles. The molecule has 1 saturated heterocycles. The van der Waals surface area contributed by atoms with Gasteiger partial charge in [0.15, 0.2) is 0 Å². The van der Waals surface area contributed by atoms with Crippen LogP contribution in [0.1, 0.15) is 18.4 Å². The first-order valence-electron chi connectivity index (χ1n) is 9.14. The lowest BCUT2D eigenvalue weighted by Crippen LogP contribution is -2.37. The Kier molecular flexibility index (Phi) is 6.85. The Labute approximate surface area is 173 Å². The van der Waals surface area contributed by atoms with Crippen molar-refractivity contribution in [2.45, 2.75) is 24.2 Å². The number of hydrogen-bond donors (Lipinski definition) is 0. The lowest BCUT2D eigenvalue weighted by atomic mass is 10.1. The third kappa shape index (κ3) is 5.18. The molecule has 2 aromatic rings. The van der Waals surface area contributed by atoms with Gasteiger partial charge in [0.2, 0.25) is 15.9 Å². The molecule has 0 bridgehead atoms. The zero-order valence-electron chi connectivity index (χ0n) is 15.4. The number of nitrogens with zero attached hydrogens (tertiary/aromatic N) is 2. The van der Waals surface area contributed by atoms with E-state index in [-0.39, 0.29) is 17.3 Å². The highest BCUT2D eigenvalue weighted by atomic mass is 79.9. The van der Waals surface area contributed by atoms with Crippen molar-refractivity contribution in [3.8, 4) is 0 Å². The molecule has 1 aliphatic rings. The Morgan fingerprint density at radius 1 is 1.04 bits per heavy atom. The third-order valence-corrected chi connectivity index (χ3v) is 7.18. The number of amides is 1. The quantitative estimate of drug-likeness (QED) is 0.674. The van der Waals surface area contributed by atoms with E-state index in [1.54, 1.807) is 4.90 Å². The molecule has 0 unspecified atom stereocenters. The number of benzene rings is 2. The van der Waals surface area contributed by atoms with Crippen LogP contribution in [0.25, 0.3) is 0 Å². The maximum Gasteiger partial charge on any atom is 0.243 e. The van der Waals surface area contributed by atoms with E-state index in [2.05, 4.69) is 15.9 Å². The van der Waals surface area contributed by atoms with Crippen molar-refractivity contribution in [2.75, 3.05) is 26.2 Å². The number of hydrogen-bond acceptors (Lipinski definition) is 3. The van der Waals surface area contributed by atoms with E-state index in [1.165, 1.54) is 16.4 Å². The van der Waals surface area contributed by atoms with E-state index in [4.69, 9.17) is 0 Å². The molecule has 1 heterocycles. The fourth-order valence-corrected chi connectivity index (χ4v) is 5.16. The maximum absolute atomic E-state index is 13.1. The Bertz CT molecular complexity index is 935. The van der Waals surface area contributed by atoms with Crippen LogP contribution in [0.4, 0.5) is 4.39 Å². The Morgan fingerprint density at radius 2 is 1.79 bits per heavy atom. The van der Waals surface area contributed by atoms with Crippen LogP contribution in [0.15, 0.2) is 57.9 Å². The lowest BCUT2D eigenvalue weighted by molar-refractivity contribution is -0.131. The van der Waals surface area contributed by atoms with Gasteiger partial charge in [0.1, 0.15) is 5.82 Å². The zero-order valence-corrected chi connectivity index (χ0v) is 17.8. The SMILES string of the molecule is O=C(CCc1cccc(Br)c1)N1CCCN(S(=O)(=O)c2ccc(F)cc2)CC1. The summed E-state index contributed by atoms with van der Waals surface area (Å²) in [7, 11) is -3.69. The van der Waals surface area contributed by atoms with Crippen LogP contribution < -0.4 is 0 Å². The summed E-state index contributed by atoms with van der Waals surface area (Å²) in [6.45, 7) is 1.47. The van der Waals surface area contributed by atoms with Gasteiger partial charge in [0.05, 0.1) is 4.90 Å². The van der Waals surface area contributed by atoms with E-state index in [0.717, 1.165) is 22.2 Å². The zero-order chi connectivity index (χ0) is 20.1. The first kappa shape index (κ1) is 21.0. The summed E-state index contributed by atoms with van der Waals surface area (Å²) in [5.74, 6) is -0.446. The fraction of sp³-hybridized carbons (Fsp3) is 0.350. The topological polar surface area (TPSA) is 57.7 Å². The van der Waals surface area contributed by atoms with Crippen molar-refractivity contribution in [2.24, 2.45) is 0 Å². The third-order valence-electron chi connectivity index (χ3n) is 4.78. The summed E-state index contributed by atoms with van der Waals surface area (Å²) in [5, 5.41) is 0. The van der Waals surface area contributed by atoms with Crippen molar-refractivity contribution in [1.29, 1.82) is 0 Å². The Balaban J connectivity index is 1.59. The molecule has 1 amide bonds. The van der Waals surface area contributed by atoms with Gasteiger partial charge in [-0.25, -0.2) is 12.8 Å². The van der Waals surface area contributed by atoms with Crippen LogP contribution >= 0.6 is 15.9 Å². The molecule has 0 radical (unpaired) electrons. The fourth-order valence-electron chi connectivity index (χ4n) is 3.24. The molecule has 150 valence electrons. The van der Waals surface area contributed by atoms with Gasteiger partial charge in [0.25, 0.3) is 0 Å². The van der Waals surface area contributed by atoms with Crippen LogP contribution in [0, 0.1) is 5.82 Å². The molecule has 0 N–H and O–H groups in total. The second-order valence-corrected chi connectivity index (χ2v) is 9.58. The summed E-state index contributed by atoms with van der Waals surface area (Å²) in [4.78, 5) is 14.4. The van der Waals surface area contributed by atoms with E-state index in [9.17, 15) is 17.6 Å². The minimum absolute atomic E-state index is 0.0287. The molecule has 2 aromatic carbocycles. The molecule has 8 heteroatoms. The lowest BCUT2D eigenvalue weighted by Gasteiger charge is -2.22. The van der Waals surface area contributed by atoms with Crippen LogP contribution in [0.2, 0.25) is 0 Å². The number of rotatable bonds is 5. The summed E-state index contributed by atoms with van der Waals surface area (Å²) in [6.07, 6.45) is 1.61. The maximum atomic E-state index is 13.1. The predicted molar refractivity (Wildman–Crippen MR) is 109 cm³/mol. The Morgan fingerprint density at radius 3 is 2.50 bits per heavy atom. The summed E-state index contributed by atoms with van der Waals surface area (Å²) in [5.41, 5.74) is 1.08.